The summed E-state index contributed by atoms with van der Waals surface area (Å²) >= 11 is 1.32. The molecule has 1 amide bonds. The van der Waals surface area contributed by atoms with Crippen LogP contribution in [-0.4, -0.2) is 19.3 Å². The Balaban J connectivity index is 1.85. The second-order valence-electron chi connectivity index (χ2n) is 7.41. The van der Waals surface area contributed by atoms with Crippen molar-refractivity contribution < 1.29 is 13.2 Å². The fourth-order valence-corrected chi connectivity index (χ4v) is 5.05. The van der Waals surface area contributed by atoms with Gasteiger partial charge >= 0.3 is 0 Å². The minimum atomic E-state index is -3.70. The van der Waals surface area contributed by atoms with E-state index in [9.17, 15) is 13.2 Å². The van der Waals surface area contributed by atoms with E-state index in [1.165, 1.54) is 11.3 Å². The third kappa shape index (κ3) is 5.13. The molecule has 8 heteroatoms. The topological polar surface area (TPSA) is 88.2 Å². The van der Waals surface area contributed by atoms with Crippen LogP contribution in [0.25, 0.3) is 10.2 Å². The van der Waals surface area contributed by atoms with E-state index >= 15 is 0 Å². The maximum Gasteiger partial charge on any atom is 0.261 e. The minimum absolute atomic E-state index is 0.108. The fourth-order valence-electron chi connectivity index (χ4n) is 3.01. The second-order valence-corrected chi connectivity index (χ2v) is 10.1. The molecule has 6 nitrogen and oxygen atoms in total. The molecule has 0 unspecified atom stereocenters. The molecule has 29 heavy (non-hydrogen) atoms. The van der Waals surface area contributed by atoms with Crippen molar-refractivity contribution in [2.75, 3.05) is 10.0 Å². The number of nitrogens with zero attached hydrogens (tertiary/aromatic N) is 1. The molecule has 0 bridgehead atoms. The van der Waals surface area contributed by atoms with Crippen molar-refractivity contribution in [2.24, 2.45) is 5.92 Å². The summed E-state index contributed by atoms with van der Waals surface area (Å²) in [6.45, 7) is 7.90. The first-order valence-electron chi connectivity index (χ1n) is 9.50. The molecule has 154 valence electrons. The summed E-state index contributed by atoms with van der Waals surface area (Å²) in [5, 5.41) is 3.26. The fraction of sp³-hybridized carbons (Fsp3) is 0.333. The number of amides is 1. The van der Waals surface area contributed by atoms with Gasteiger partial charge in [0.15, 0.2) is 5.13 Å². The van der Waals surface area contributed by atoms with Crippen molar-refractivity contribution in [2.45, 2.75) is 45.4 Å². The van der Waals surface area contributed by atoms with Crippen molar-refractivity contribution in [3.8, 4) is 0 Å². The summed E-state index contributed by atoms with van der Waals surface area (Å²) in [6.07, 6.45) is 1.28. The zero-order valence-electron chi connectivity index (χ0n) is 16.9. The highest BCUT2D eigenvalue weighted by Gasteiger charge is 2.16. The number of sulfonamides is 1. The maximum atomic E-state index is 12.8. The van der Waals surface area contributed by atoms with Crippen LogP contribution in [0, 0.1) is 12.8 Å². The van der Waals surface area contributed by atoms with Gasteiger partial charge in [-0.2, -0.15) is 0 Å². The summed E-state index contributed by atoms with van der Waals surface area (Å²) in [5.74, 6) is 0.403. The lowest BCUT2D eigenvalue weighted by molar-refractivity contribution is -0.115. The van der Waals surface area contributed by atoms with E-state index in [4.69, 9.17) is 0 Å². The van der Waals surface area contributed by atoms with Crippen molar-refractivity contribution in [3.63, 3.8) is 0 Å². The molecular weight excluding hydrogens is 406 g/mol. The predicted octanol–water partition coefficient (Wildman–Crippen LogP) is 4.95. The lowest BCUT2D eigenvalue weighted by Crippen LogP contribution is -2.13. The Labute approximate surface area is 175 Å². The molecule has 0 spiro atoms. The van der Waals surface area contributed by atoms with Crippen LogP contribution in [0.15, 0.2) is 41.3 Å². The first kappa shape index (κ1) is 21.3. The number of nitrogens with one attached hydrogen (secondary N) is 2. The monoisotopic (exact) mass is 431 g/mol. The van der Waals surface area contributed by atoms with E-state index in [0.29, 0.717) is 23.2 Å². The molecule has 2 N–H and O–H groups in total. The molecule has 0 fully saturated rings. The summed E-state index contributed by atoms with van der Waals surface area (Å²) in [4.78, 5) is 16.3. The van der Waals surface area contributed by atoms with Crippen LogP contribution in [0.3, 0.4) is 0 Å². The van der Waals surface area contributed by atoms with Crippen LogP contribution >= 0.6 is 11.3 Å². The lowest BCUT2D eigenvalue weighted by atomic mass is 10.0. The second kappa shape index (κ2) is 8.51. The average Bonchev–Trinajstić information content (AvgIpc) is 3.04. The largest absolute Gasteiger partial charge is 0.302 e. The molecule has 0 radical (unpaired) electrons. The van der Waals surface area contributed by atoms with Crippen LogP contribution in [0.2, 0.25) is 0 Å². The molecule has 0 aliphatic rings. The highest BCUT2D eigenvalue weighted by Crippen LogP contribution is 2.32. The van der Waals surface area contributed by atoms with Gasteiger partial charge in [-0.05, 0) is 54.7 Å². The molecule has 3 aromatic rings. The first-order valence-corrected chi connectivity index (χ1v) is 11.8. The van der Waals surface area contributed by atoms with Gasteiger partial charge in [-0.15, -0.1) is 0 Å². The Kier molecular flexibility index (Phi) is 6.24. The number of hydrogen-bond donors (Lipinski definition) is 2. The zero-order valence-corrected chi connectivity index (χ0v) is 18.6. The van der Waals surface area contributed by atoms with E-state index in [0.717, 1.165) is 27.8 Å². The highest BCUT2D eigenvalue weighted by molar-refractivity contribution is 7.92. The number of fused-ring (bicyclic) bond motifs is 1. The number of carbonyl (C=O) groups is 1. The van der Waals surface area contributed by atoms with E-state index in [2.05, 4.69) is 28.9 Å². The molecule has 0 aliphatic carbocycles. The van der Waals surface area contributed by atoms with Crippen LogP contribution in [0.5, 0.6) is 0 Å². The summed E-state index contributed by atoms with van der Waals surface area (Å²) < 4.78 is 29.0. The Bertz CT molecular complexity index is 1130. The van der Waals surface area contributed by atoms with Gasteiger partial charge in [0.25, 0.3) is 10.0 Å². The number of aromatic nitrogens is 1. The van der Waals surface area contributed by atoms with Crippen LogP contribution in [-0.2, 0) is 21.2 Å². The minimum Gasteiger partial charge on any atom is -0.302 e. The van der Waals surface area contributed by atoms with E-state index < -0.39 is 10.0 Å². The highest BCUT2D eigenvalue weighted by atomic mass is 32.2. The number of rotatable bonds is 7. The van der Waals surface area contributed by atoms with Gasteiger partial charge in [0.05, 0.1) is 20.8 Å². The smallest absolute Gasteiger partial charge is 0.261 e. The summed E-state index contributed by atoms with van der Waals surface area (Å²) in [5.41, 5.74) is 3.17. The third-order valence-electron chi connectivity index (χ3n) is 4.38. The van der Waals surface area contributed by atoms with Gasteiger partial charge in [0.1, 0.15) is 0 Å². The van der Waals surface area contributed by atoms with Gasteiger partial charge in [-0.3, -0.25) is 9.52 Å². The van der Waals surface area contributed by atoms with Crippen molar-refractivity contribution in [1.29, 1.82) is 0 Å². The maximum absolute atomic E-state index is 12.8. The molecular formula is C21H25N3O3S2. The van der Waals surface area contributed by atoms with Crippen LogP contribution in [0.4, 0.5) is 10.8 Å². The zero-order chi connectivity index (χ0) is 21.2. The number of carbonyl (C=O) groups excluding carboxylic acids is 1. The molecule has 0 saturated heterocycles. The van der Waals surface area contributed by atoms with E-state index in [-0.39, 0.29) is 10.8 Å². The number of benzene rings is 2. The third-order valence-corrected chi connectivity index (χ3v) is 6.70. The van der Waals surface area contributed by atoms with Crippen LogP contribution < -0.4 is 10.0 Å². The quantitative estimate of drug-likeness (QED) is 0.554. The molecule has 2 aromatic carbocycles. The Hall–Kier alpha value is -2.45. The summed E-state index contributed by atoms with van der Waals surface area (Å²) in [6, 6.07) is 10.5. The van der Waals surface area contributed by atoms with Crippen molar-refractivity contribution in [1.82, 2.24) is 4.98 Å². The number of anilines is 2. The Morgan fingerprint density at radius 2 is 1.86 bits per heavy atom. The van der Waals surface area contributed by atoms with Gasteiger partial charge < -0.3 is 5.32 Å². The number of aryl methyl sites for hydroxylation is 1. The van der Waals surface area contributed by atoms with Crippen molar-refractivity contribution in [3.05, 3.63) is 47.5 Å². The molecule has 1 heterocycles. The number of thiazole rings is 1. The first-order chi connectivity index (χ1) is 13.7. The average molecular weight is 432 g/mol. The Morgan fingerprint density at radius 3 is 2.48 bits per heavy atom. The normalized spacial score (nSPS) is 11.8. The molecule has 1 aromatic heterocycles. The van der Waals surface area contributed by atoms with Gasteiger partial charge in [-0.1, -0.05) is 44.2 Å². The molecule has 0 atom stereocenters. The predicted molar refractivity (Wildman–Crippen MR) is 119 cm³/mol. The molecule has 0 saturated carbocycles. The standard InChI is InChI=1S/C21H25N3O3S2/c1-5-19(25)22-21-23-20-14(4)11-16(12-18(20)28-21)24-29(26,27)17-8-6-15(7-9-17)10-13(2)3/h6-9,11-13,24H,5,10H2,1-4H3,(H,22,23,25). The van der Waals surface area contributed by atoms with E-state index in [1.807, 2.05) is 19.1 Å². The van der Waals surface area contributed by atoms with E-state index in [1.54, 1.807) is 31.2 Å². The number of hydrogen-bond acceptors (Lipinski definition) is 5. The Morgan fingerprint density at radius 1 is 1.17 bits per heavy atom. The van der Waals surface area contributed by atoms with Gasteiger partial charge in [0, 0.05) is 6.42 Å². The van der Waals surface area contributed by atoms with Crippen molar-refractivity contribution >= 4 is 48.3 Å². The van der Waals surface area contributed by atoms with Gasteiger partial charge in [-0.25, -0.2) is 13.4 Å². The van der Waals surface area contributed by atoms with Gasteiger partial charge in [0.2, 0.25) is 5.91 Å². The molecule has 0 aliphatic heterocycles. The SMILES string of the molecule is CCC(=O)Nc1nc2c(C)cc(NS(=O)(=O)c3ccc(CC(C)C)cc3)cc2s1. The van der Waals surface area contributed by atoms with Crippen LogP contribution in [0.1, 0.15) is 38.3 Å². The molecule has 3 rings (SSSR count). The summed E-state index contributed by atoms with van der Waals surface area (Å²) in [7, 11) is -3.70. The lowest BCUT2D eigenvalue weighted by Gasteiger charge is -2.10.